The van der Waals surface area contributed by atoms with Crippen LogP contribution in [0.3, 0.4) is 0 Å². The molecule has 0 saturated carbocycles. The molecule has 1 aliphatic heterocycles. The fourth-order valence-electron chi connectivity index (χ4n) is 2.77. The first-order valence-electron chi connectivity index (χ1n) is 6.86. The Morgan fingerprint density at radius 3 is 2.80 bits per heavy atom. The third-order valence-corrected chi connectivity index (χ3v) is 3.61. The van der Waals surface area contributed by atoms with E-state index in [1.165, 1.54) is 12.1 Å². The van der Waals surface area contributed by atoms with Crippen LogP contribution in [0.4, 0.5) is 4.39 Å². The number of halogens is 1. The van der Waals surface area contributed by atoms with Crippen molar-refractivity contribution >= 4 is 5.97 Å². The van der Waals surface area contributed by atoms with E-state index in [2.05, 4.69) is 4.57 Å². The maximum Gasteiger partial charge on any atom is 0.340 e. The molecule has 0 bridgehead atoms. The summed E-state index contributed by atoms with van der Waals surface area (Å²) in [4.78, 5) is 12.1. The molecule has 104 valence electrons. The molecule has 1 aromatic heterocycles. The number of rotatable bonds is 3. The van der Waals surface area contributed by atoms with Gasteiger partial charge in [-0.2, -0.15) is 0 Å². The Kier molecular flexibility index (Phi) is 3.30. The number of fused-ring (bicyclic) bond motifs is 1. The van der Waals surface area contributed by atoms with Crippen molar-refractivity contribution in [2.75, 3.05) is 6.61 Å². The Bertz CT molecular complexity index is 643. The lowest BCUT2D eigenvalue weighted by molar-refractivity contribution is 0.0527. The molecule has 0 radical (unpaired) electrons. The van der Waals surface area contributed by atoms with Crippen LogP contribution in [0.25, 0.3) is 11.3 Å². The highest BCUT2D eigenvalue weighted by atomic mass is 19.1. The second-order valence-corrected chi connectivity index (χ2v) is 4.88. The van der Waals surface area contributed by atoms with Crippen LogP contribution in [-0.4, -0.2) is 17.1 Å². The van der Waals surface area contributed by atoms with E-state index in [1.54, 1.807) is 19.1 Å². The van der Waals surface area contributed by atoms with E-state index in [9.17, 15) is 9.18 Å². The van der Waals surface area contributed by atoms with Crippen LogP contribution >= 0.6 is 0 Å². The van der Waals surface area contributed by atoms with Gasteiger partial charge in [-0.1, -0.05) is 0 Å². The third-order valence-electron chi connectivity index (χ3n) is 3.61. The van der Waals surface area contributed by atoms with Crippen LogP contribution in [0, 0.1) is 5.82 Å². The van der Waals surface area contributed by atoms with Crippen molar-refractivity contribution in [3.8, 4) is 11.3 Å². The van der Waals surface area contributed by atoms with Gasteiger partial charge >= 0.3 is 5.97 Å². The van der Waals surface area contributed by atoms with Crippen molar-refractivity contribution in [1.29, 1.82) is 0 Å². The Hall–Kier alpha value is -2.10. The molecular weight excluding hydrogens is 257 g/mol. The minimum absolute atomic E-state index is 0.278. The maximum absolute atomic E-state index is 13.1. The van der Waals surface area contributed by atoms with Crippen molar-refractivity contribution < 1.29 is 13.9 Å². The molecular formula is C16H16FNO2. The predicted molar refractivity (Wildman–Crippen MR) is 74.1 cm³/mol. The topological polar surface area (TPSA) is 31.2 Å². The number of aryl methyl sites for hydroxylation is 1. The zero-order chi connectivity index (χ0) is 14.1. The van der Waals surface area contributed by atoms with Gasteiger partial charge in [0.1, 0.15) is 5.82 Å². The molecule has 20 heavy (non-hydrogen) atoms. The van der Waals surface area contributed by atoms with E-state index in [0.29, 0.717) is 12.2 Å². The molecule has 0 atom stereocenters. The van der Waals surface area contributed by atoms with Gasteiger partial charge in [-0.25, -0.2) is 9.18 Å². The van der Waals surface area contributed by atoms with Crippen molar-refractivity contribution in [3.63, 3.8) is 0 Å². The summed E-state index contributed by atoms with van der Waals surface area (Å²) in [5.74, 6) is -0.589. The molecule has 0 aliphatic carbocycles. The lowest BCUT2D eigenvalue weighted by Gasteiger charge is -2.09. The summed E-state index contributed by atoms with van der Waals surface area (Å²) >= 11 is 0. The van der Waals surface area contributed by atoms with Crippen LogP contribution in [-0.2, 0) is 17.7 Å². The number of carbonyl (C=O) groups is 1. The Morgan fingerprint density at radius 2 is 2.10 bits per heavy atom. The zero-order valence-corrected chi connectivity index (χ0v) is 11.4. The van der Waals surface area contributed by atoms with E-state index >= 15 is 0 Å². The first-order chi connectivity index (χ1) is 9.70. The number of aromatic nitrogens is 1. The summed E-state index contributed by atoms with van der Waals surface area (Å²) in [7, 11) is 0. The molecule has 0 fully saturated rings. The molecule has 1 aliphatic rings. The van der Waals surface area contributed by atoms with Crippen LogP contribution < -0.4 is 0 Å². The summed E-state index contributed by atoms with van der Waals surface area (Å²) in [6.07, 6.45) is 2.04. The van der Waals surface area contributed by atoms with Gasteiger partial charge in [0.25, 0.3) is 0 Å². The Balaban J connectivity index is 2.12. The van der Waals surface area contributed by atoms with Gasteiger partial charge in [0, 0.05) is 12.2 Å². The van der Waals surface area contributed by atoms with Crippen molar-refractivity contribution in [3.05, 3.63) is 47.4 Å². The van der Waals surface area contributed by atoms with Gasteiger partial charge in [-0.3, -0.25) is 0 Å². The van der Waals surface area contributed by atoms with E-state index in [1.807, 2.05) is 6.07 Å². The number of ether oxygens (including phenoxy) is 1. The van der Waals surface area contributed by atoms with Crippen LogP contribution in [0.2, 0.25) is 0 Å². The number of nitrogens with zero attached hydrogens (tertiary/aromatic N) is 1. The Labute approximate surface area is 117 Å². The summed E-state index contributed by atoms with van der Waals surface area (Å²) < 4.78 is 20.3. The van der Waals surface area contributed by atoms with Gasteiger partial charge in [0.15, 0.2) is 0 Å². The van der Waals surface area contributed by atoms with Crippen molar-refractivity contribution in [2.45, 2.75) is 26.3 Å². The number of benzene rings is 1. The van der Waals surface area contributed by atoms with E-state index in [-0.39, 0.29) is 11.8 Å². The van der Waals surface area contributed by atoms with Gasteiger partial charge in [-0.05, 0) is 55.7 Å². The molecule has 0 N–H and O–H groups in total. The lowest BCUT2D eigenvalue weighted by Crippen LogP contribution is -2.07. The predicted octanol–water partition coefficient (Wildman–Crippen LogP) is 3.42. The van der Waals surface area contributed by atoms with Crippen LogP contribution in [0.15, 0.2) is 30.3 Å². The van der Waals surface area contributed by atoms with Gasteiger partial charge in [0.05, 0.1) is 17.9 Å². The van der Waals surface area contributed by atoms with E-state index in [4.69, 9.17) is 4.74 Å². The molecule has 4 heteroatoms. The average molecular weight is 273 g/mol. The first-order valence-corrected chi connectivity index (χ1v) is 6.86. The summed E-state index contributed by atoms with van der Waals surface area (Å²) in [6, 6.07) is 8.15. The highest BCUT2D eigenvalue weighted by Crippen LogP contribution is 2.32. The maximum atomic E-state index is 13.1. The molecule has 0 spiro atoms. The van der Waals surface area contributed by atoms with Gasteiger partial charge in [-0.15, -0.1) is 0 Å². The Morgan fingerprint density at radius 1 is 1.35 bits per heavy atom. The molecule has 1 aromatic carbocycles. The second-order valence-electron chi connectivity index (χ2n) is 4.88. The third kappa shape index (κ3) is 2.11. The fourth-order valence-corrected chi connectivity index (χ4v) is 2.77. The summed E-state index contributed by atoms with van der Waals surface area (Å²) in [6.45, 7) is 3.03. The van der Waals surface area contributed by atoms with Crippen LogP contribution in [0.1, 0.15) is 29.4 Å². The number of hydrogen-bond acceptors (Lipinski definition) is 2. The number of hydrogen-bond donors (Lipinski definition) is 0. The van der Waals surface area contributed by atoms with E-state index < -0.39 is 0 Å². The molecule has 0 unspecified atom stereocenters. The van der Waals surface area contributed by atoms with Gasteiger partial charge < -0.3 is 9.30 Å². The number of carbonyl (C=O) groups excluding carboxylic acids is 1. The highest BCUT2D eigenvalue weighted by Gasteiger charge is 2.24. The number of esters is 1. The van der Waals surface area contributed by atoms with Crippen molar-refractivity contribution in [1.82, 2.24) is 4.57 Å². The minimum Gasteiger partial charge on any atom is -0.462 e. The fraction of sp³-hybridized carbons (Fsp3) is 0.312. The summed E-state index contributed by atoms with van der Waals surface area (Å²) in [5, 5.41) is 0. The summed E-state index contributed by atoms with van der Waals surface area (Å²) in [5.41, 5.74) is 3.42. The molecule has 2 heterocycles. The largest absolute Gasteiger partial charge is 0.462 e. The molecule has 2 aromatic rings. The van der Waals surface area contributed by atoms with Crippen molar-refractivity contribution in [2.24, 2.45) is 0 Å². The van der Waals surface area contributed by atoms with E-state index in [0.717, 1.165) is 36.3 Å². The molecule has 3 rings (SSSR count). The quantitative estimate of drug-likeness (QED) is 0.802. The smallest absolute Gasteiger partial charge is 0.340 e. The normalized spacial score (nSPS) is 13.3. The molecule has 0 saturated heterocycles. The molecule has 0 amide bonds. The molecule has 3 nitrogen and oxygen atoms in total. The standard InChI is InChI=1S/C16H16FNO2/c1-2-20-16(19)14-10-13-4-3-9-18(13)15(14)11-5-7-12(17)8-6-11/h5-8,10H,2-4,9H2,1H3. The van der Waals surface area contributed by atoms with Gasteiger partial charge in [0.2, 0.25) is 0 Å². The van der Waals surface area contributed by atoms with Crippen LogP contribution in [0.5, 0.6) is 0 Å². The SMILES string of the molecule is CCOC(=O)c1cc2n(c1-c1ccc(F)cc1)CCC2. The average Bonchev–Trinajstić information content (AvgIpc) is 3.00. The minimum atomic E-state index is -0.311. The highest BCUT2D eigenvalue weighted by molar-refractivity contribution is 5.97. The first kappa shape index (κ1) is 12.9. The second kappa shape index (κ2) is 5.12. The lowest BCUT2D eigenvalue weighted by atomic mass is 10.1. The monoisotopic (exact) mass is 273 g/mol. The zero-order valence-electron chi connectivity index (χ0n) is 11.4.